The third kappa shape index (κ3) is 2.30. The molecule has 114 valence electrons. The molecule has 0 aliphatic carbocycles. The first-order valence-electron chi connectivity index (χ1n) is 7.36. The summed E-state index contributed by atoms with van der Waals surface area (Å²) in [6.07, 6.45) is -1.99. The van der Waals surface area contributed by atoms with Crippen LogP contribution in [0.3, 0.4) is 0 Å². The minimum absolute atomic E-state index is 0.177. The molecule has 2 aromatic rings. The van der Waals surface area contributed by atoms with Crippen LogP contribution >= 0.6 is 0 Å². The van der Waals surface area contributed by atoms with E-state index in [0.29, 0.717) is 16.8 Å². The molecule has 22 heavy (non-hydrogen) atoms. The largest absolute Gasteiger partial charge is 0.388 e. The van der Waals surface area contributed by atoms with Gasteiger partial charge in [-0.05, 0) is 32.0 Å². The lowest BCUT2D eigenvalue weighted by molar-refractivity contribution is -0.00107. The SMILES string of the molecule is Cc1ccc2c(c1)[C@H](O)[C@H](O)[C@H](C)N2C(=O)c1ccccc1. The molecule has 0 bridgehead atoms. The maximum Gasteiger partial charge on any atom is 0.258 e. The predicted molar refractivity (Wildman–Crippen MR) is 84.9 cm³/mol. The van der Waals surface area contributed by atoms with E-state index in [4.69, 9.17) is 0 Å². The Balaban J connectivity index is 2.11. The Kier molecular flexibility index (Phi) is 3.72. The standard InChI is InChI=1S/C18H19NO3/c1-11-8-9-15-14(10-11)17(21)16(20)12(2)19(15)18(22)13-6-4-3-5-7-13/h3-10,12,16-17,20-21H,1-2H3/t12-,16+,17-/m0/s1. The van der Waals surface area contributed by atoms with Crippen LogP contribution in [0.15, 0.2) is 48.5 Å². The Hall–Kier alpha value is -2.17. The minimum Gasteiger partial charge on any atom is -0.388 e. The number of benzene rings is 2. The summed E-state index contributed by atoms with van der Waals surface area (Å²) < 4.78 is 0. The van der Waals surface area contributed by atoms with Crippen LogP contribution in [0.5, 0.6) is 0 Å². The average molecular weight is 297 g/mol. The fraction of sp³-hybridized carbons (Fsp3) is 0.278. The van der Waals surface area contributed by atoms with E-state index in [1.54, 1.807) is 24.0 Å². The van der Waals surface area contributed by atoms with Crippen molar-refractivity contribution < 1.29 is 15.0 Å². The predicted octanol–water partition coefficient (Wildman–Crippen LogP) is 2.44. The van der Waals surface area contributed by atoms with Crippen molar-refractivity contribution in [3.8, 4) is 0 Å². The van der Waals surface area contributed by atoms with Gasteiger partial charge in [0, 0.05) is 11.1 Å². The maximum absolute atomic E-state index is 12.8. The van der Waals surface area contributed by atoms with Crippen LogP contribution in [-0.2, 0) is 0 Å². The zero-order valence-electron chi connectivity index (χ0n) is 12.6. The number of amides is 1. The smallest absolute Gasteiger partial charge is 0.258 e. The molecule has 0 saturated carbocycles. The highest BCUT2D eigenvalue weighted by Gasteiger charge is 2.39. The van der Waals surface area contributed by atoms with Crippen LogP contribution in [0, 0.1) is 6.92 Å². The van der Waals surface area contributed by atoms with E-state index in [0.717, 1.165) is 5.56 Å². The van der Waals surface area contributed by atoms with Crippen LogP contribution in [0.1, 0.15) is 34.5 Å². The van der Waals surface area contributed by atoms with Gasteiger partial charge in [0.15, 0.2) is 0 Å². The van der Waals surface area contributed by atoms with Crippen molar-refractivity contribution in [2.24, 2.45) is 0 Å². The van der Waals surface area contributed by atoms with Crippen LogP contribution in [-0.4, -0.2) is 28.3 Å². The molecule has 1 heterocycles. The Morgan fingerprint density at radius 1 is 1.09 bits per heavy atom. The highest BCUT2D eigenvalue weighted by Crippen LogP contribution is 2.38. The summed E-state index contributed by atoms with van der Waals surface area (Å²) in [5.74, 6) is -0.177. The van der Waals surface area contributed by atoms with E-state index in [2.05, 4.69) is 0 Å². The third-order valence-corrected chi connectivity index (χ3v) is 4.23. The first-order valence-corrected chi connectivity index (χ1v) is 7.36. The summed E-state index contributed by atoms with van der Waals surface area (Å²) in [6.45, 7) is 3.66. The van der Waals surface area contributed by atoms with E-state index in [9.17, 15) is 15.0 Å². The number of fused-ring (bicyclic) bond motifs is 1. The Labute approximate surface area is 129 Å². The van der Waals surface area contributed by atoms with E-state index >= 15 is 0 Å². The Morgan fingerprint density at radius 3 is 2.45 bits per heavy atom. The molecule has 0 spiro atoms. The second kappa shape index (κ2) is 5.55. The van der Waals surface area contributed by atoms with Crippen molar-refractivity contribution in [1.82, 2.24) is 0 Å². The van der Waals surface area contributed by atoms with E-state index < -0.39 is 18.2 Å². The molecule has 0 fully saturated rings. The van der Waals surface area contributed by atoms with Gasteiger partial charge in [0.25, 0.3) is 5.91 Å². The minimum atomic E-state index is -1.01. The molecule has 0 radical (unpaired) electrons. The fourth-order valence-electron chi connectivity index (χ4n) is 2.96. The van der Waals surface area contributed by atoms with Gasteiger partial charge in [0.05, 0.1) is 11.7 Å². The lowest BCUT2D eigenvalue weighted by Gasteiger charge is -2.41. The Bertz CT molecular complexity index is 699. The zero-order chi connectivity index (χ0) is 15.9. The molecule has 1 aliphatic heterocycles. The quantitative estimate of drug-likeness (QED) is 0.850. The highest BCUT2D eigenvalue weighted by molar-refractivity contribution is 6.07. The van der Waals surface area contributed by atoms with Gasteiger partial charge in [-0.15, -0.1) is 0 Å². The molecule has 1 amide bonds. The van der Waals surface area contributed by atoms with Crippen molar-refractivity contribution in [1.29, 1.82) is 0 Å². The van der Waals surface area contributed by atoms with Gasteiger partial charge in [-0.2, -0.15) is 0 Å². The number of aliphatic hydroxyl groups excluding tert-OH is 2. The molecule has 4 nitrogen and oxygen atoms in total. The summed E-state index contributed by atoms with van der Waals surface area (Å²) in [7, 11) is 0. The van der Waals surface area contributed by atoms with Gasteiger partial charge < -0.3 is 15.1 Å². The highest BCUT2D eigenvalue weighted by atomic mass is 16.3. The normalized spacial score (nSPS) is 24.0. The second-order valence-corrected chi connectivity index (χ2v) is 5.78. The molecule has 3 atom stereocenters. The van der Waals surface area contributed by atoms with Crippen molar-refractivity contribution in [2.75, 3.05) is 4.90 Å². The number of carbonyl (C=O) groups excluding carboxylic acids is 1. The van der Waals surface area contributed by atoms with E-state index in [-0.39, 0.29) is 5.91 Å². The number of nitrogens with zero attached hydrogens (tertiary/aromatic N) is 1. The molecule has 0 saturated heterocycles. The number of anilines is 1. The first-order chi connectivity index (χ1) is 10.5. The van der Waals surface area contributed by atoms with E-state index in [1.807, 2.05) is 43.3 Å². The molecule has 2 aromatic carbocycles. The first kappa shape index (κ1) is 14.8. The number of aryl methyl sites for hydroxylation is 1. The van der Waals surface area contributed by atoms with Crippen LogP contribution < -0.4 is 4.90 Å². The molecule has 0 unspecified atom stereocenters. The van der Waals surface area contributed by atoms with E-state index in [1.165, 1.54) is 0 Å². The number of rotatable bonds is 1. The summed E-state index contributed by atoms with van der Waals surface area (Å²) in [6, 6.07) is 14.0. The lowest BCUT2D eigenvalue weighted by Crippen LogP contribution is -2.51. The summed E-state index contributed by atoms with van der Waals surface area (Å²) in [5.41, 5.74) is 2.79. The summed E-state index contributed by atoms with van der Waals surface area (Å²) >= 11 is 0. The van der Waals surface area contributed by atoms with Crippen LogP contribution in [0.4, 0.5) is 5.69 Å². The number of carbonyl (C=O) groups is 1. The van der Waals surface area contributed by atoms with Crippen molar-refractivity contribution in [2.45, 2.75) is 32.1 Å². The van der Waals surface area contributed by atoms with Crippen molar-refractivity contribution >= 4 is 11.6 Å². The van der Waals surface area contributed by atoms with Gasteiger partial charge in [-0.25, -0.2) is 0 Å². The fourth-order valence-corrected chi connectivity index (χ4v) is 2.96. The number of hydrogen-bond acceptors (Lipinski definition) is 3. The van der Waals surface area contributed by atoms with Gasteiger partial charge >= 0.3 is 0 Å². The number of aliphatic hydroxyl groups is 2. The third-order valence-electron chi connectivity index (χ3n) is 4.23. The van der Waals surface area contributed by atoms with Gasteiger partial charge in [0.2, 0.25) is 0 Å². The average Bonchev–Trinajstić information content (AvgIpc) is 2.54. The molecule has 1 aliphatic rings. The molecule has 4 heteroatoms. The van der Waals surface area contributed by atoms with Crippen LogP contribution in [0.25, 0.3) is 0 Å². The zero-order valence-corrected chi connectivity index (χ0v) is 12.6. The molecular weight excluding hydrogens is 278 g/mol. The van der Waals surface area contributed by atoms with Gasteiger partial charge in [-0.1, -0.05) is 35.9 Å². The van der Waals surface area contributed by atoms with Crippen molar-refractivity contribution in [3.05, 3.63) is 65.2 Å². The lowest BCUT2D eigenvalue weighted by atomic mass is 9.89. The summed E-state index contributed by atoms with van der Waals surface area (Å²) in [5, 5.41) is 20.6. The topological polar surface area (TPSA) is 60.8 Å². The molecule has 3 rings (SSSR count). The molecule has 2 N–H and O–H groups in total. The maximum atomic E-state index is 12.8. The second-order valence-electron chi connectivity index (χ2n) is 5.78. The van der Waals surface area contributed by atoms with Crippen molar-refractivity contribution in [3.63, 3.8) is 0 Å². The van der Waals surface area contributed by atoms with Gasteiger partial charge in [-0.3, -0.25) is 4.79 Å². The summed E-state index contributed by atoms with van der Waals surface area (Å²) in [4.78, 5) is 14.4. The molecular formula is C18H19NO3. The van der Waals surface area contributed by atoms with Gasteiger partial charge in [0.1, 0.15) is 12.2 Å². The number of hydrogen-bond donors (Lipinski definition) is 2. The molecule has 0 aromatic heterocycles. The van der Waals surface area contributed by atoms with Crippen LogP contribution in [0.2, 0.25) is 0 Å². The Morgan fingerprint density at radius 2 is 1.77 bits per heavy atom. The monoisotopic (exact) mass is 297 g/mol.